The Bertz CT molecular complexity index is 875. The van der Waals surface area contributed by atoms with Gasteiger partial charge in [-0.3, -0.25) is 9.98 Å². The van der Waals surface area contributed by atoms with Crippen molar-refractivity contribution in [3.8, 4) is 0 Å². The monoisotopic (exact) mass is 321 g/mol. The van der Waals surface area contributed by atoms with Crippen LogP contribution in [-0.2, 0) is 0 Å². The molecule has 0 N–H and O–H groups in total. The molecule has 22 heavy (non-hydrogen) atoms. The standard InChI is InChI=1S/C15H10F3N3S/c1-19-8-10-7-12(22-15(16,17)18)11-5-4-9-3-2-6-20-13(9)14(11)21-10/h2-8H,1H3. The van der Waals surface area contributed by atoms with Crippen LogP contribution in [0.2, 0.25) is 0 Å². The first kappa shape index (κ1) is 14.8. The van der Waals surface area contributed by atoms with Crippen molar-refractivity contribution in [2.75, 3.05) is 7.05 Å². The lowest BCUT2D eigenvalue weighted by atomic mass is 10.1. The van der Waals surface area contributed by atoms with Crippen LogP contribution >= 0.6 is 11.8 Å². The average Bonchev–Trinajstić information content (AvgIpc) is 2.46. The van der Waals surface area contributed by atoms with Crippen LogP contribution in [0.5, 0.6) is 0 Å². The first-order valence-corrected chi connectivity index (χ1v) is 7.16. The summed E-state index contributed by atoms with van der Waals surface area (Å²) in [6.07, 6.45) is 3.03. The van der Waals surface area contributed by atoms with E-state index >= 15 is 0 Å². The summed E-state index contributed by atoms with van der Waals surface area (Å²) in [4.78, 5) is 12.6. The fraction of sp³-hybridized carbons (Fsp3) is 0.133. The first-order chi connectivity index (χ1) is 10.5. The molecule has 1 aromatic carbocycles. The molecule has 0 saturated heterocycles. The van der Waals surface area contributed by atoms with Gasteiger partial charge in [0.2, 0.25) is 0 Å². The number of hydrogen-bond acceptors (Lipinski definition) is 4. The molecule has 0 amide bonds. The van der Waals surface area contributed by atoms with Crippen molar-refractivity contribution in [1.82, 2.24) is 9.97 Å². The van der Waals surface area contributed by atoms with Gasteiger partial charge < -0.3 is 0 Å². The van der Waals surface area contributed by atoms with E-state index in [4.69, 9.17) is 0 Å². The summed E-state index contributed by atoms with van der Waals surface area (Å²) in [6.45, 7) is 0. The highest BCUT2D eigenvalue weighted by atomic mass is 32.2. The zero-order chi connectivity index (χ0) is 15.7. The van der Waals surface area contributed by atoms with E-state index in [0.717, 1.165) is 5.39 Å². The Labute approximate surface area is 128 Å². The van der Waals surface area contributed by atoms with Crippen LogP contribution in [0.4, 0.5) is 13.2 Å². The summed E-state index contributed by atoms with van der Waals surface area (Å²) in [5.74, 6) is 0. The van der Waals surface area contributed by atoms with Crippen molar-refractivity contribution in [2.45, 2.75) is 10.4 Å². The van der Waals surface area contributed by atoms with Crippen LogP contribution < -0.4 is 0 Å². The third-order valence-electron chi connectivity index (χ3n) is 3.02. The summed E-state index contributed by atoms with van der Waals surface area (Å²) in [5.41, 5.74) is -2.97. The number of nitrogens with zero attached hydrogens (tertiary/aromatic N) is 3. The van der Waals surface area contributed by atoms with Gasteiger partial charge >= 0.3 is 5.51 Å². The molecule has 3 nitrogen and oxygen atoms in total. The molecule has 0 radical (unpaired) electrons. The molecule has 2 heterocycles. The summed E-state index contributed by atoms with van der Waals surface area (Å²) in [6, 6.07) is 8.41. The van der Waals surface area contributed by atoms with E-state index in [9.17, 15) is 13.2 Å². The van der Waals surface area contributed by atoms with Crippen molar-refractivity contribution >= 4 is 39.8 Å². The molecule has 0 aliphatic rings. The number of fused-ring (bicyclic) bond motifs is 3. The third-order valence-corrected chi connectivity index (χ3v) is 3.81. The van der Waals surface area contributed by atoms with Gasteiger partial charge in [0.25, 0.3) is 0 Å². The summed E-state index contributed by atoms with van der Waals surface area (Å²) >= 11 is -0.151. The third kappa shape index (κ3) is 2.89. The molecular formula is C15H10F3N3S. The minimum Gasteiger partial charge on any atom is -0.294 e. The summed E-state index contributed by atoms with van der Waals surface area (Å²) in [5, 5.41) is 1.26. The van der Waals surface area contributed by atoms with E-state index in [1.165, 1.54) is 12.3 Å². The molecule has 7 heteroatoms. The largest absolute Gasteiger partial charge is 0.446 e. The van der Waals surface area contributed by atoms with E-state index in [-0.39, 0.29) is 16.7 Å². The van der Waals surface area contributed by atoms with Gasteiger partial charge in [0.05, 0.1) is 16.7 Å². The molecule has 3 rings (SSSR count). The fourth-order valence-corrected chi connectivity index (χ4v) is 2.93. The normalized spacial score (nSPS) is 12.5. The maximum atomic E-state index is 12.8. The van der Waals surface area contributed by atoms with Crippen molar-refractivity contribution < 1.29 is 13.2 Å². The lowest BCUT2D eigenvalue weighted by molar-refractivity contribution is -0.0327. The lowest BCUT2D eigenvalue weighted by Gasteiger charge is -2.11. The van der Waals surface area contributed by atoms with Gasteiger partial charge in [-0.15, -0.1) is 0 Å². The second-order valence-corrected chi connectivity index (χ2v) is 5.62. The van der Waals surface area contributed by atoms with Crippen molar-refractivity contribution in [1.29, 1.82) is 0 Å². The van der Waals surface area contributed by atoms with E-state index < -0.39 is 5.51 Å². The number of rotatable bonds is 2. The minimum absolute atomic E-state index is 0.0972. The number of aromatic nitrogens is 2. The molecule has 0 saturated carbocycles. The summed E-state index contributed by atoms with van der Waals surface area (Å²) < 4.78 is 38.4. The molecule has 0 aliphatic carbocycles. The first-order valence-electron chi connectivity index (χ1n) is 6.34. The summed E-state index contributed by atoms with van der Waals surface area (Å²) in [7, 11) is 1.55. The van der Waals surface area contributed by atoms with Crippen LogP contribution in [0.1, 0.15) is 5.69 Å². The van der Waals surface area contributed by atoms with Gasteiger partial charge in [-0.05, 0) is 23.9 Å². The van der Waals surface area contributed by atoms with Gasteiger partial charge in [0.1, 0.15) is 0 Å². The molecule has 0 bridgehead atoms. The number of hydrogen-bond donors (Lipinski definition) is 0. The van der Waals surface area contributed by atoms with Crippen LogP contribution in [0.3, 0.4) is 0 Å². The molecule has 0 atom stereocenters. The maximum absolute atomic E-state index is 12.8. The Hall–Kier alpha value is -2.15. The number of aliphatic imine (C=N–C) groups is 1. The van der Waals surface area contributed by atoms with Crippen LogP contribution in [0.15, 0.2) is 46.4 Å². The molecule has 2 aromatic heterocycles. The zero-order valence-electron chi connectivity index (χ0n) is 11.4. The smallest absolute Gasteiger partial charge is 0.294 e. The molecule has 0 aliphatic heterocycles. The highest BCUT2D eigenvalue weighted by molar-refractivity contribution is 8.00. The number of thioether (sulfide) groups is 1. The second kappa shape index (κ2) is 5.57. The molecular weight excluding hydrogens is 311 g/mol. The second-order valence-electron chi connectivity index (χ2n) is 4.52. The van der Waals surface area contributed by atoms with Crippen molar-refractivity contribution in [3.63, 3.8) is 0 Å². The average molecular weight is 321 g/mol. The Balaban J connectivity index is 2.35. The highest BCUT2D eigenvalue weighted by Crippen LogP contribution is 2.41. The quantitative estimate of drug-likeness (QED) is 0.398. The Kier molecular flexibility index (Phi) is 3.74. The Morgan fingerprint density at radius 1 is 1.18 bits per heavy atom. The topological polar surface area (TPSA) is 38.1 Å². The van der Waals surface area contributed by atoms with Crippen molar-refractivity contribution in [3.05, 3.63) is 42.2 Å². The molecule has 0 fully saturated rings. The van der Waals surface area contributed by atoms with Crippen LogP contribution in [0, 0.1) is 0 Å². The van der Waals surface area contributed by atoms with Gasteiger partial charge in [-0.25, -0.2) is 4.98 Å². The molecule has 0 spiro atoms. The number of halogens is 3. The lowest BCUT2D eigenvalue weighted by Crippen LogP contribution is -2.01. The van der Waals surface area contributed by atoms with E-state index in [1.807, 2.05) is 6.07 Å². The van der Waals surface area contributed by atoms with Gasteiger partial charge in [0, 0.05) is 35.1 Å². The fourth-order valence-electron chi connectivity index (χ4n) is 2.22. The Morgan fingerprint density at radius 3 is 2.73 bits per heavy atom. The number of benzene rings is 1. The highest BCUT2D eigenvalue weighted by Gasteiger charge is 2.30. The number of pyridine rings is 2. The van der Waals surface area contributed by atoms with Crippen LogP contribution in [-0.4, -0.2) is 28.7 Å². The van der Waals surface area contributed by atoms with Gasteiger partial charge in [-0.1, -0.05) is 18.2 Å². The predicted octanol–water partition coefficient (Wildman–Crippen LogP) is 4.44. The van der Waals surface area contributed by atoms with E-state index in [1.54, 1.807) is 31.4 Å². The van der Waals surface area contributed by atoms with E-state index in [2.05, 4.69) is 15.0 Å². The predicted molar refractivity (Wildman–Crippen MR) is 82.5 cm³/mol. The SMILES string of the molecule is CN=Cc1cc(SC(F)(F)F)c2ccc3cccnc3c2n1. The van der Waals surface area contributed by atoms with Gasteiger partial charge in [0.15, 0.2) is 0 Å². The zero-order valence-corrected chi connectivity index (χ0v) is 12.2. The number of alkyl halides is 3. The maximum Gasteiger partial charge on any atom is 0.446 e. The minimum atomic E-state index is -4.37. The molecule has 3 aromatic rings. The van der Waals surface area contributed by atoms with Crippen LogP contribution in [0.25, 0.3) is 21.8 Å². The van der Waals surface area contributed by atoms with Crippen molar-refractivity contribution in [2.24, 2.45) is 4.99 Å². The molecule has 112 valence electrons. The van der Waals surface area contributed by atoms with Gasteiger partial charge in [-0.2, -0.15) is 13.2 Å². The molecule has 0 unspecified atom stereocenters. The Morgan fingerprint density at radius 2 is 2.00 bits per heavy atom. The van der Waals surface area contributed by atoms with E-state index in [0.29, 0.717) is 22.1 Å².